The first-order valence-electron chi connectivity index (χ1n) is 23.3. The van der Waals surface area contributed by atoms with Gasteiger partial charge in [-0.2, -0.15) is 6.42 Å². The summed E-state index contributed by atoms with van der Waals surface area (Å²) in [4.78, 5) is 0. The molecule has 0 aliphatic heterocycles. The molecule has 0 N–H and O–H groups in total. The standard InChI is InChI=1S/C17H16.C12H10.C9H12.C9H8.C8H9Br.C4H5Br.C4H9.2CH3.2BrH.4Li/c1-13-6-8-14(9-7-13)12-16-11-10-15-4-2-3-5-17(15)16;1-2-5-10-8-9-11-6-3-4-7-12(10)11;2*1-2-5-9-7-3-6-8(9)4-1;1-7-2-4-8(6-9)5-3-7;1-2-3-4-5;1-3-4-2;;;;;;;;/h2-11,16H,12H2,1H3;3-4,6-10H,1H3;1-2,4-5,8-9H,3,6-7H2;1-6H,7H2;2-5H,6H2,1H3;4H2,1H3;1,3-4H2,2H3;2*1H3;2*1H;;;;/q;;;;;;3*-1;;;4*+1/p-2. The van der Waals surface area contributed by atoms with E-state index in [0.717, 1.165) is 41.8 Å². The Morgan fingerprint density at radius 2 is 1.05 bits per heavy atom. The maximum absolute atomic E-state index is 3.60. The molecule has 0 radical (unpaired) electrons. The summed E-state index contributed by atoms with van der Waals surface area (Å²) in [5.74, 6) is 14.3. The van der Waals surface area contributed by atoms with Gasteiger partial charge >= 0.3 is 75.4 Å². The van der Waals surface area contributed by atoms with Crippen LogP contribution in [0, 0.1) is 71.1 Å². The van der Waals surface area contributed by atoms with Crippen molar-refractivity contribution in [3.63, 3.8) is 0 Å². The molecule has 0 aromatic heterocycles. The summed E-state index contributed by atoms with van der Waals surface area (Å²) in [5.41, 5.74) is 13.7. The quantitative estimate of drug-likeness (QED) is 0.108. The smallest absolute Gasteiger partial charge is 1.00 e. The molecule has 4 unspecified atom stereocenters. The fourth-order valence-electron chi connectivity index (χ4n) is 7.86. The average Bonchev–Trinajstić information content (AvgIpc) is 4.19. The van der Waals surface area contributed by atoms with E-state index >= 15 is 0 Å². The molecule has 5 aromatic rings. The van der Waals surface area contributed by atoms with Crippen LogP contribution in [-0.4, -0.2) is 5.33 Å². The number of hydrogen-bond acceptors (Lipinski definition) is 0. The first-order valence-corrected chi connectivity index (χ1v) is 25.6. The van der Waals surface area contributed by atoms with Gasteiger partial charge in [-0.3, -0.25) is 0 Å². The normalized spacial score (nSPS) is 15.5. The van der Waals surface area contributed by atoms with Gasteiger partial charge in [0, 0.05) is 11.2 Å². The van der Waals surface area contributed by atoms with Gasteiger partial charge in [0.2, 0.25) is 0 Å². The van der Waals surface area contributed by atoms with E-state index in [1.807, 2.05) is 13.8 Å². The van der Waals surface area contributed by atoms with Crippen molar-refractivity contribution in [1.82, 2.24) is 0 Å². The molecule has 1 saturated carbocycles. The third kappa shape index (κ3) is 30.1. The van der Waals surface area contributed by atoms with E-state index in [0.29, 0.717) is 11.8 Å². The molecule has 4 atom stereocenters. The van der Waals surface area contributed by atoms with Crippen LogP contribution in [0.3, 0.4) is 0 Å². The number of unbranched alkanes of at least 4 members (excludes halogenated alkanes) is 1. The molecule has 1 fully saturated rings. The average molecular weight is 1200 g/mol. The molecule has 0 nitrogen and oxygen atoms in total. The van der Waals surface area contributed by atoms with Crippen molar-refractivity contribution in [1.29, 1.82) is 0 Å². The van der Waals surface area contributed by atoms with Gasteiger partial charge in [-0.25, -0.2) is 0 Å². The van der Waals surface area contributed by atoms with E-state index in [-0.39, 0.29) is 124 Å². The number of alkyl halides is 2. The molecule has 5 aliphatic rings. The van der Waals surface area contributed by atoms with Crippen molar-refractivity contribution in [2.24, 2.45) is 11.8 Å². The van der Waals surface area contributed by atoms with Crippen LogP contribution in [0.2, 0.25) is 0 Å². The van der Waals surface area contributed by atoms with E-state index in [1.54, 1.807) is 0 Å². The van der Waals surface area contributed by atoms with Gasteiger partial charge in [0.1, 0.15) is 0 Å². The number of benzene rings is 5. The van der Waals surface area contributed by atoms with Gasteiger partial charge in [0.25, 0.3) is 0 Å². The number of rotatable bonds is 4. The fraction of sp³-hybridized carbons (Fsp3) is 0.277. The van der Waals surface area contributed by atoms with Crippen molar-refractivity contribution >= 4 is 50.1 Å². The third-order valence-electron chi connectivity index (χ3n) is 11.6. The summed E-state index contributed by atoms with van der Waals surface area (Å²) >= 11 is 6.52. The van der Waals surface area contributed by atoms with Crippen molar-refractivity contribution < 1.29 is 109 Å². The molecule has 8 heteroatoms. The maximum atomic E-state index is 3.60. The molecular weight excluding hydrogens is 1130 g/mol. The van der Waals surface area contributed by atoms with Crippen molar-refractivity contribution in [3.8, 4) is 23.7 Å². The molecule has 0 amide bonds. The maximum Gasteiger partial charge on any atom is 1.00 e. The molecule has 5 aliphatic carbocycles. The molecule has 368 valence electrons. The Hall–Kier alpha value is -1.77. The topological polar surface area (TPSA) is 0 Å². The number of allylic oxidation sites excluding steroid dienone is 7. The van der Waals surface area contributed by atoms with Crippen molar-refractivity contribution in [2.75, 3.05) is 5.33 Å². The second kappa shape index (κ2) is 48.6. The van der Waals surface area contributed by atoms with Gasteiger partial charge < -0.3 is 55.7 Å². The van der Waals surface area contributed by atoms with E-state index in [2.05, 4.69) is 265 Å². The SMILES string of the molecule is C1=CC2CCCC2C=C1.C1=Cc2ccccc2C1.CC#CC1C=Cc2ccccc21.CC#CCBr.Cc1ccc(CBr)cc1.Cc1ccc(CC2C=Cc3ccccc32)cc1.[Br-].[Br-].[CH2-]CCC.[CH3-].[CH3-].[Li+].[Li+].[Li+].[Li+]. The molecule has 73 heavy (non-hydrogen) atoms. The van der Waals surface area contributed by atoms with Crippen LogP contribution in [0.1, 0.15) is 120 Å². The van der Waals surface area contributed by atoms with Crippen LogP contribution < -0.4 is 109 Å². The summed E-state index contributed by atoms with van der Waals surface area (Å²) in [5, 5.41) is 1.75. The molecule has 0 heterocycles. The minimum atomic E-state index is 0. The minimum absolute atomic E-state index is 0. The Balaban J connectivity index is -0.000000251. The van der Waals surface area contributed by atoms with Gasteiger partial charge in [-0.15, -0.1) is 11.8 Å². The predicted octanol–water partition coefficient (Wildman–Crippen LogP) is 0.793. The van der Waals surface area contributed by atoms with E-state index < -0.39 is 0 Å². The molecule has 0 bridgehead atoms. The van der Waals surface area contributed by atoms with Crippen LogP contribution >= 0.6 is 31.9 Å². The summed E-state index contributed by atoms with van der Waals surface area (Å²) in [6.07, 6.45) is 31.1. The van der Waals surface area contributed by atoms with Crippen LogP contribution in [0.4, 0.5) is 0 Å². The zero-order valence-electron chi connectivity index (χ0n) is 46.2. The second-order valence-corrected chi connectivity index (χ2v) is 17.6. The summed E-state index contributed by atoms with van der Waals surface area (Å²) in [6, 6.07) is 42.9. The van der Waals surface area contributed by atoms with Gasteiger partial charge in [-0.1, -0.05) is 257 Å². The van der Waals surface area contributed by atoms with Crippen molar-refractivity contribution in [2.45, 2.75) is 96.7 Å². The third-order valence-corrected chi connectivity index (χ3v) is 12.5. The van der Waals surface area contributed by atoms with Crippen molar-refractivity contribution in [3.05, 3.63) is 241 Å². The van der Waals surface area contributed by atoms with Gasteiger partial charge in [0.05, 0.1) is 11.2 Å². The molecule has 10 rings (SSSR count). The molecule has 5 aromatic carbocycles. The zero-order chi connectivity index (χ0) is 46.5. The summed E-state index contributed by atoms with van der Waals surface area (Å²) in [7, 11) is 0. The Labute approximate surface area is 532 Å². The summed E-state index contributed by atoms with van der Waals surface area (Å²) in [6.45, 7) is 13.7. The largest absolute Gasteiger partial charge is 1.00 e. The van der Waals surface area contributed by atoms with Gasteiger partial charge in [-0.05, 0) is 110 Å². The Bertz CT molecular complexity index is 2430. The van der Waals surface area contributed by atoms with Crippen LogP contribution in [0.15, 0.2) is 164 Å². The van der Waals surface area contributed by atoms with Crippen LogP contribution in [0.5, 0.6) is 0 Å². The zero-order valence-corrected chi connectivity index (χ0v) is 52.6. The monoisotopic (exact) mass is 1200 g/mol. The second-order valence-electron chi connectivity index (χ2n) is 16.5. The molecule has 0 spiro atoms. The van der Waals surface area contributed by atoms with E-state index in [9.17, 15) is 0 Å². The molecular formula is C65H75Br4Li4-. The Morgan fingerprint density at radius 3 is 1.53 bits per heavy atom. The number of hydrogen-bond donors (Lipinski definition) is 0. The van der Waals surface area contributed by atoms with E-state index in [4.69, 9.17) is 0 Å². The first-order chi connectivity index (χ1) is 31.8. The predicted molar refractivity (Wildman–Crippen MR) is 307 cm³/mol. The first kappa shape index (κ1) is 80.1. The fourth-order valence-corrected chi connectivity index (χ4v) is 8.51. The van der Waals surface area contributed by atoms with Gasteiger partial charge in [0.15, 0.2) is 0 Å². The number of aryl methyl sites for hydroxylation is 2. The van der Waals surface area contributed by atoms with Crippen LogP contribution in [0.25, 0.3) is 18.2 Å². The Morgan fingerprint density at radius 1 is 0.575 bits per heavy atom. The van der Waals surface area contributed by atoms with E-state index in [1.165, 1.54) is 81.3 Å². The summed E-state index contributed by atoms with van der Waals surface area (Å²) < 4.78 is 0. The Kier molecular flexibility index (Phi) is 53.3. The number of halogens is 4. The minimum Gasteiger partial charge on any atom is -1.00 e. The van der Waals surface area contributed by atoms with Crippen LogP contribution in [-0.2, 0) is 18.2 Å². The number of fused-ring (bicyclic) bond motifs is 4. The molecule has 0 saturated heterocycles.